The van der Waals surface area contributed by atoms with Crippen LogP contribution in [0.15, 0.2) is 42.6 Å². The lowest BCUT2D eigenvalue weighted by Crippen LogP contribution is -2.26. The number of nitrogens with one attached hydrogen (secondary N) is 1. The quantitative estimate of drug-likeness (QED) is 0.911. The zero-order valence-corrected chi connectivity index (χ0v) is 14.4. The van der Waals surface area contributed by atoms with Crippen LogP contribution in [0.3, 0.4) is 0 Å². The second kappa shape index (κ2) is 8.15. The molecule has 1 N–H and O–H groups in total. The fraction of sp³-hybridized carbons (Fsp3) is 0.368. The van der Waals surface area contributed by atoms with Gasteiger partial charge >= 0.3 is 0 Å². The molecule has 0 bridgehead atoms. The van der Waals surface area contributed by atoms with E-state index >= 15 is 0 Å². The SMILES string of the molecule is O=C(NCc1ccc(Cl)cc1)c1cc(N2CCCCCC2)ccn1. The Kier molecular flexibility index (Phi) is 5.70. The molecule has 0 unspecified atom stereocenters. The van der Waals surface area contributed by atoms with E-state index in [2.05, 4.69) is 15.2 Å². The molecule has 1 amide bonds. The molecular weight excluding hydrogens is 322 g/mol. The first-order chi connectivity index (χ1) is 11.7. The minimum atomic E-state index is -0.151. The maximum atomic E-state index is 12.4. The van der Waals surface area contributed by atoms with Crippen molar-refractivity contribution < 1.29 is 4.79 Å². The van der Waals surface area contributed by atoms with Crippen molar-refractivity contribution >= 4 is 23.2 Å². The zero-order chi connectivity index (χ0) is 16.8. The van der Waals surface area contributed by atoms with Gasteiger partial charge in [-0.15, -0.1) is 0 Å². The second-order valence-electron chi connectivity index (χ2n) is 6.11. The summed E-state index contributed by atoms with van der Waals surface area (Å²) < 4.78 is 0. The molecule has 1 fully saturated rings. The third-order valence-corrected chi connectivity index (χ3v) is 4.57. The summed E-state index contributed by atoms with van der Waals surface area (Å²) in [6.07, 6.45) is 6.71. The Hall–Kier alpha value is -2.07. The van der Waals surface area contributed by atoms with Crippen molar-refractivity contribution in [2.75, 3.05) is 18.0 Å². The van der Waals surface area contributed by atoms with Crippen LogP contribution in [-0.4, -0.2) is 24.0 Å². The molecular formula is C19H22ClN3O. The highest BCUT2D eigenvalue weighted by Crippen LogP contribution is 2.19. The molecule has 1 aromatic carbocycles. The van der Waals surface area contributed by atoms with Gasteiger partial charge in [0.25, 0.3) is 5.91 Å². The molecule has 2 aromatic rings. The average Bonchev–Trinajstić information content (AvgIpc) is 2.90. The third-order valence-electron chi connectivity index (χ3n) is 4.31. The number of hydrogen-bond acceptors (Lipinski definition) is 3. The predicted octanol–water partition coefficient (Wildman–Crippen LogP) is 4.05. The van der Waals surface area contributed by atoms with Gasteiger partial charge in [-0.3, -0.25) is 9.78 Å². The van der Waals surface area contributed by atoms with Gasteiger partial charge in [-0.25, -0.2) is 0 Å². The van der Waals surface area contributed by atoms with Crippen molar-refractivity contribution in [3.8, 4) is 0 Å². The Bertz CT molecular complexity index is 679. The molecule has 0 aliphatic carbocycles. The molecule has 2 heterocycles. The predicted molar refractivity (Wildman–Crippen MR) is 97.5 cm³/mol. The second-order valence-corrected chi connectivity index (χ2v) is 6.55. The van der Waals surface area contributed by atoms with Crippen molar-refractivity contribution in [3.63, 3.8) is 0 Å². The molecule has 1 aromatic heterocycles. The van der Waals surface area contributed by atoms with E-state index in [9.17, 15) is 4.79 Å². The van der Waals surface area contributed by atoms with Crippen molar-refractivity contribution in [2.24, 2.45) is 0 Å². The minimum absolute atomic E-state index is 0.151. The summed E-state index contributed by atoms with van der Waals surface area (Å²) in [6, 6.07) is 11.3. The van der Waals surface area contributed by atoms with Crippen LogP contribution in [0.4, 0.5) is 5.69 Å². The Labute approximate surface area is 147 Å². The van der Waals surface area contributed by atoms with Gasteiger partial charge in [-0.1, -0.05) is 36.6 Å². The average molecular weight is 344 g/mol. The number of carbonyl (C=O) groups is 1. The highest BCUT2D eigenvalue weighted by atomic mass is 35.5. The molecule has 0 radical (unpaired) electrons. The molecule has 1 saturated heterocycles. The molecule has 0 spiro atoms. The van der Waals surface area contributed by atoms with Gasteiger partial charge in [0.2, 0.25) is 0 Å². The number of aromatic nitrogens is 1. The van der Waals surface area contributed by atoms with Crippen LogP contribution in [0.25, 0.3) is 0 Å². The van der Waals surface area contributed by atoms with E-state index < -0.39 is 0 Å². The van der Waals surface area contributed by atoms with E-state index in [0.717, 1.165) is 24.3 Å². The topological polar surface area (TPSA) is 45.2 Å². The first-order valence-corrected chi connectivity index (χ1v) is 8.84. The third kappa shape index (κ3) is 4.48. The Morgan fingerprint density at radius 3 is 2.50 bits per heavy atom. The largest absolute Gasteiger partial charge is 0.371 e. The number of halogens is 1. The van der Waals surface area contributed by atoms with Crippen LogP contribution in [0.2, 0.25) is 5.02 Å². The Morgan fingerprint density at radius 2 is 1.79 bits per heavy atom. The molecule has 1 aliphatic heterocycles. The summed E-state index contributed by atoms with van der Waals surface area (Å²) in [4.78, 5) is 18.9. The van der Waals surface area contributed by atoms with Crippen LogP contribution in [0.5, 0.6) is 0 Å². The number of nitrogens with zero attached hydrogens (tertiary/aromatic N) is 2. The van der Waals surface area contributed by atoms with Gasteiger partial charge in [0.15, 0.2) is 0 Å². The number of amides is 1. The fourth-order valence-electron chi connectivity index (χ4n) is 2.94. The van der Waals surface area contributed by atoms with Crippen LogP contribution < -0.4 is 10.2 Å². The molecule has 4 nitrogen and oxygen atoms in total. The summed E-state index contributed by atoms with van der Waals surface area (Å²) in [5.74, 6) is -0.151. The number of pyridine rings is 1. The number of benzene rings is 1. The lowest BCUT2D eigenvalue weighted by atomic mass is 10.2. The van der Waals surface area contributed by atoms with Crippen LogP contribution >= 0.6 is 11.6 Å². The van der Waals surface area contributed by atoms with Crippen LogP contribution in [0, 0.1) is 0 Å². The highest BCUT2D eigenvalue weighted by molar-refractivity contribution is 6.30. The molecule has 3 rings (SSSR count). The summed E-state index contributed by atoms with van der Waals surface area (Å²) in [5.41, 5.74) is 2.56. The first kappa shape index (κ1) is 16.8. The summed E-state index contributed by atoms with van der Waals surface area (Å²) in [7, 11) is 0. The molecule has 0 saturated carbocycles. The fourth-order valence-corrected chi connectivity index (χ4v) is 3.07. The van der Waals surface area contributed by atoms with E-state index in [1.807, 2.05) is 36.4 Å². The van der Waals surface area contributed by atoms with Gasteiger partial charge in [0.1, 0.15) is 5.69 Å². The van der Waals surface area contributed by atoms with E-state index in [-0.39, 0.29) is 5.91 Å². The molecule has 1 aliphatic rings. The number of hydrogen-bond donors (Lipinski definition) is 1. The standard InChI is InChI=1S/C19H22ClN3O/c20-16-7-5-15(6-8-16)14-22-19(24)18-13-17(9-10-21-18)23-11-3-1-2-4-12-23/h5-10,13H,1-4,11-12,14H2,(H,22,24). The number of anilines is 1. The molecule has 126 valence electrons. The molecule has 5 heteroatoms. The summed E-state index contributed by atoms with van der Waals surface area (Å²) in [6.45, 7) is 2.57. The summed E-state index contributed by atoms with van der Waals surface area (Å²) >= 11 is 5.87. The summed E-state index contributed by atoms with van der Waals surface area (Å²) in [5, 5.41) is 3.61. The van der Waals surface area contributed by atoms with Gasteiger partial charge < -0.3 is 10.2 Å². The zero-order valence-electron chi connectivity index (χ0n) is 13.7. The lowest BCUT2D eigenvalue weighted by Gasteiger charge is -2.22. The van der Waals surface area contributed by atoms with Gasteiger partial charge in [-0.05, 0) is 42.7 Å². The van der Waals surface area contributed by atoms with E-state index in [1.165, 1.54) is 25.7 Å². The Balaban J connectivity index is 1.64. The van der Waals surface area contributed by atoms with E-state index in [0.29, 0.717) is 17.3 Å². The minimum Gasteiger partial charge on any atom is -0.371 e. The molecule has 24 heavy (non-hydrogen) atoms. The maximum Gasteiger partial charge on any atom is 0.270 e. The van der Waals surface area contributed by atoms with Crippen LogP contribution in [0.1, 0.15) is 41.7 Å². The van der Waals surface area contributed by atoms with Crippen molar-refractivity contribution in [2.45, 2.75) is 32.2 Å². The number of carbonyl (C=O) groups excluding carboxylic acids is 1. The molecule has 0 atom stereocenters. The number of rotatable bonds is 4. The Morgan fingerprint density at radius 1 is 1.08 bits per heavy atom. The first-order valence-electron chi connectivity index (χ1n) is 8.46. The van der Waals surface area contributed by atoms with Crippen molar-refractivity contribution in [1.29, 1.82) is 0 Å². The van der Waals surface area contributed by atoms with E-state index in [4.69, 9.17) is 11.6 Å². The highest BCUT2D eigenvalue weighted by Gasteiger charge is 2.13. The normalized spacial score (nSPS) is 15.0. The van der Waals surface area contributed by atoms with Gasteiger partial charge in [0, 0.05) is 36.5 Å². The van der Waals surface area contributed by atoms with Gasteiger partial charge in [0.05, 0.1) is 0 Å². The maximum absolute atomic E-state index is 12.4. The van der Waals surface area contributed by atoms with Crippen molar-refractivity contribution in [1.82, 2.24) is 10.3 Å². The van der Waals surface area contributed by atoms with Crippen LogP contribution in [-0.2, 0) is 6.54 Å². The monoisotopic (exact) mass is 343 g/mol. The smallest absolute Gasteiger partial charge is 0.270 e. The van der Waals surface area contributed by atoms with E-state index in [1.54, 1.807) is 6.20 Å². The lowest BCUT2D eigenvalue weighted by molar-refractivity contribution is 0.0946. The van der Waals surface area contributed by atoms with Crippen molar-refractivity contribution in [3.05, 3.63) is 58.9 Å². The van der Waals surface area contributed by atoms with Gasteiger partial charge in [-0.2, -0.15) is 0 Å².